The highest BCUT2D eigenvalue weighted by Crippen LogP contribution is 2.40. The summed E-state index contributed by atoms with van der Waals surface area (Å²) in [5, 5.41) is 11.2. The molecule has 1 saturated heterocycles. The van der Waals surface area contributed by atoms with Crippen LogP contribution in [-0.2, 0) is 15.0 Å². The molecule has 0 radical (unpaired) electrons. The number of rotatable bonds is 8. The highest BCUT2D eigenvalue weighted by atomic mass is 16.5. The van der Waals surface area contributed by atoms with E-state index in [0.717, 1.165) is 18.4 Å². The van der Waals surface area contributed by atoms with Crippen molar-refractivity contribution in [2.45, 2.75) is 65.8 Å². The van der Waals surface area contributed by atoms with Gasteiger partial charge in [0.2, 0.25) is 0 Å². The summed E-state index contributed by atoms with van der Waals surface area (Å²) in [6.07, 6.45) is 1.68. The van der Waals surface area contributed by atoms with Crippen LogP contribution in [0.4, 0.5) is 0 Å². The molecule has 0 saturated carbocycles. The molecule has 1 atom stereocenters. The Bertz CT molecular complexity index is 1040. The average Bonchev–Trinajstić information content (AvgIpc) is 3.05. The number of unbranched alkanes of at least 4 members (excludes halogenated alkanes) is 1. The van der Waals surface area contributed by atoms with E-state index in [9.17, 15) is 14.7 Å². The van der Waals surface area contributed by atoms with Crippen LogP contribution in [0.5, 0.6) is 5.75 Å². The van der Waals surface area contributed by atoms with E-state index < -0.39 is 17.7 Å². The molecule has 2 aromatic carbocycles. The molecule has 1 heterocycles. The number of aliphatic hydroxyl groups is 1. The van der Waals surface area contributed by atoms with Crippen molar-refractivity contribution in [3.63, 3.8) is 0 Å². The Balaban J connectivity index is 2.04. The van der Waals surface area contributed by atoms with Gasteiger partial charge < -0.3 is 14.7 Å². The number of hydrogen-bond donors (Lipinski definition) is 1. The normalized spacial score (nSPS) is 18.1. The summed E-state index contributed by atoms with van der Waals surface area (Å²) in [7, 11) is 0. The van der Waals surface area contributed by atoms with Gasteiger partial charge in [-0.2, -0.15) is 0 Å². The number of ketones is 1. The Morgan fingerprint density at radius 2 is 1.65 bits per heavy atom. The van der Waals surface area contributed by atoms with E-state index in [-0.39, 0.29) is 16.7 Å². The molecule has 2 aromatic rings. The lowest BCUT2D eigenvalue weighted by Crippen LogP contribution is -2.30. The van der Waals surface area contributed by atoms with Gasteiger partial charge in [0.15, 0.2) is 0 Å². The van der Waals surface area contributed by atoms with Crippen molar-refractivity contribution in [2.75, 3.05) is 13.2 Å². The van der Waals surface area contributed by atoms with Gasteiger partial charge in [-0.3, -0.25) is 9.59 Å². The van der Waals surface area contributed by atoms with E-state index in [1.165, 1.54) is 5.56 Å². The minimum absolute atomic E-state index is 0.0120. The third kappa shape index (κ3) is 5.52. The summed E-state index contributed by atoms with van der Waals surface area (Å²) in [5.41, 5.74) is 2.60. The second-order valence-corrected chi connectivity index (χ2v) is 10.4. The number of benzene rings is 2. The van der Waals surface area contributed by atoms with Crippen LogP contribution in [0.3, 0.4) is 0 Å². The topological polar surface area (TPSA) is 66.8 Å². The number of hydrogen-bond acceptors (Lipinski definition) is 4. The van der Waals surface area contributed by atoms with Gasteiger partial charge in [0, 0.05) is 12.1 Å². The molecular weight excluding hydrogens is 426 g/mol. The van der Waals surface area contributed by atoms with Crippen LogP contribution in [0, 0.1) is 5.92 Å². The molecule has 182 valence electrons. The Labute approximate surface area is 203 Å². The van der Waals surface area contributed by atoms with Crippen LogP contribution in [0.25, 0.3) is 5.76 Å². The number of nitrogens with zero attached hydrogens (tertiary/aromatic N) is 1. The maximum absolute atomic E-state index is 13.1. The van der Waals surface area contributed by atoms with Gasteiger partial charge in [-0.05, 0) is 53.1 Å². The minimum atomic E-state index is -0.640. The Morgan fingerprint density at radius 3 is 2.18 bits per heavy atom. The van der Waals surface area contributed by atoms with E-state index in [0.29, 0.717) is 30.4 Å². The number of carbonyl (C=O) groups excluding carboxylic acids is 2. The van der Waals surface area contributed by atoms with Gasteiger partial charge in [-0.25, -0.2) is 0 Å². The first-order valence-corrected chi connectivity index (χ1v) is 12.2. The van der Waals surface area contributed by atoms with E-state index in [1.807, 2.05) is 31.2 Å². The van der Waals surface area contributed by atoms with Gasteiger partial charge in [-0.1, -0.05) is 72.2 Å². The van der Waals surface area contributed by atoms with Crippen molar-refractivity contribution in [1.29, 1.82) is 0 Å². The summed E-state index contributed by atoms with van der Waals surface area (Å²) >= 11 is 0. The number of ether oxygens (including phenoxy) is 1. The summed E-state index contributed by atoms with van der Waals surface area (Å²) in [6.45, 7) is 13.7. The summed E-state index contributed by atoms with van der Waals surface area (Å²) in [6, 6.07) is 14.4. The largest absolute Gasteiger partial charge is 0.507 e. The van der Waals surface area contributed by atoms with Crippen molar-refractivity contribution < 1.29 is 19.4 Å². The van der Waals surface area contributed by atoms with Crippen molar-refractivity contribution >= 4 is 17.4 Å². The number of Topliss-reactive ketones (excluding diaryl/α,β-unsaturated/α-hetero) is 1. The molecule has 1 aliphatic heterocycles. The van der Waals surface area contributed by atoms with Crippen LogP contribution in [0.2, 0.25) is 0 Å². The van der Waals surface area contributed by atoms with Crippen LogP contribution in [0.15, 0.2) is 54.1 Å². The monoisotopic (exact) mass is 463 g/mol. The van der Waals surface area contributed by atoms with Crippen molar-refractivity contribution in [3.8, 4) is 5.75 Å². The predicted octanol–water partition coefficient (Wildman–Crippen LogP) is 6.24. The molecule has 1 fully saturated rings. The Kier molecular flexibility index (Phi) is 7.86. The molecule has 1 unspecified atom stereocenters. The zero-order valence-corrected chi connectivity index (χ0v) is 21.2. The predicted molar refractivity (Wildman–Crippen MR) is 136 cm³/mol. The third-order valence-corrected chi connectivity index (χ3v) is 6.10. The first kappa shape index (κ1) is 25.5. The smallest absolute Gasteiger partial charge is 0.295 e. The molecule has 5 heteroatoms. The van der Waals surface area contributed by atoms with E-state index in [1.54, 1.807) is 29.2 Å². The maximum Gasteiger partial charge on any atom is 0.295 e. The molecule has 1 N–H and O–H groups in total. The van der Waals surface area contributed by atoms with Gasteiger partial charge in [0.25, 0.3) is 11.7 Å². The quantitative estimate of drug-likeness (QED) is 0.286. The molecule has 34 heavy (non-hydrogen) atoms. The summed E-state index contributed by atoms with van der Waals surface area (Å²) < 4.78 is 5.73. The van der Waals surface area contributed by atoms with Crippen LogP contribution < -0.4 is 4.74 Å². The molecule has 0 aromatic heterocycles. The molecule has 0 spiro atoms. The lowest BCUT2D eigenvalue weighted by atomic mass is 9.85. The number of likely N-dealkylation sites (tertiary alicyclic amines) is 1. The van der Waals surface area contributed by atoms with Gasteiger partial charge in [-0.15, -0.1) is 0 Å². The summed E-state index contributed by atoms with van der Waals surface area (Å²) in [4.78, 5) is 27.7. The fourth-order valence-electron chi connectivity index (χ4n) is 4.08. The number of amides is 1. The minimum Gasteiger partial charge on any atom is -0.507 e. The molecule has 3 rings (SSSR count). The van der Waals surface area contributed by atoms with Crippen molar-refractivity contribution in [1.82, 2.24) is 4.90 Å². The van der Waals surface area contributed by atoms with Crippen LogP contribution in [0.1, 0.15) is 77.1 Å². The van der Waals surface area contributed by atoms with E-state index >= 15 is 0 Å². The highest BCUT2D eigenvalue weighted by molar-refractivity contribution is 6.46. The fraction of sp³-hybridized carbons (Fsp3) is 0.448. The molecule has 5 nitrogen and oxygen atoms in total. The van der Waals surface area contributed by atoms with Crippen LogP contribution >= 0.6 is 0 Å². The maximum atomic E-state index is 13.1. The average molecular weight is 464 g/mol. The zero-order valence-electron chi connectivity index (χ0n) is 21.2. The highest BCUT2D eigenvalue weighted by Gasteiger charge is 2.45. The number of carbonyl (C=O) groups is 2. The molecule has 0 bridgehead atoms. The SMILES string of the molecule is CCCCN1C(=O)C(=O)/C(=C(\O)c2ccc(OCC(C)C)cc2)C1c1ccc(C(C)(C)C)cc1. The standard InChI is InChI=1S/C29H37NO4/c1-7-8-17-30-25(20-9-13-22(14-10-20)29(4,5)6)24(27(32)28(30)33)26(31)21-11-15-23(16-12-21)34-18-19(2)3/h9-16,19,25,31H,7-8,17-18H2,1-6H3/b26-24-. The molecule has 0 aliphatic carbocycles. The third-order valence-electron chi connectivity index (χ3n) is 6.10. The summed E-state index contributed by atoms with van der Waals surface area (Å²) in [5.74, 6) is -0.257. The second-order valence-electron chi connectivity index (χ2n) is 10.4. The van der Waals surface area contributed by atoms with Crippen molar-refractivity contribution in [3.05, 3.63) is 70.8 Å². The lowest BCUT2D eigenvalue weighted by Gasteiger charge is -2.26. The van der Waals surface area contributed by atoms with E-state index in [2.05, 4.69) is 34.6 Å². The Hall–Kier alpha value is -3.08. The van der Waals surface area contributed by atoms with Crippen molar-refractivity contribution in [2.24, 2.45) is 5.92 Å². The zero-order chi connectivity index (χ0) is 25.0. The van der Waals surface area contributed by atoms with Gasteiger partial charge >= 0.3 is 0 Å². The first-order chi connectivity index (χ1) is 16.0. The Morgan fingerprint density at radius 1 is 1.03 bits per heavy atom. The lowest BCUT2D eigenvalue weighted by molar-refractivity contribution is -0.139. The second kappa shape index (κ2) is 10.5. The molecule has 1 amide bonds. The molecular formula is C29H37NO4. The fourth-order valence-corrected chi connectivity index (χ4v) is 4.08. The van der Waals surface area contributed by atoms with Gasteiger partial charge in [0.05, 0.1) is 18.2 Å². The number of aliphatic hydroxyl groups excluding tert-OH is 1. The van der Waals surface area contributed by atoms with Gasteiger partial charge in [0.1, 0.15) is 11.5 Å². The van der Waals surface area contributed by atoms with Crippen LogP contribution in [-0.4, -0.2) is 34.8 Å². The molecule has 1 aliphatic rings. The first-order valence-electron chi connectivity index (χ1n) is 12.2. The van der Waals surface area contributed by atoms with E-state index in [4.69, 9.17) is 4.74 Å².